The number of ether oxygens (including phenoxy) is 1. The fourth-order valence-electron chi connectivity index (χ4n) is 1.46. The molecule has 0 aliphatic heterocycles. The fourth-order valence-corrected chi connectivity index (χ4v) is 1.46. The first kappa shape index (κ1) is 24.2. The summed E-state index contributed by atoms with van der Waals surface area (Å²) in [6.45, 7) is 7.22. The van der Waals surface area contributed by atoms with E-state index in [1.807, 2.05) is 64.2 Å². The summed E-state index contributed by atoms with van der Waals surface area (Å²) in [6.07, 6.45) is 0.458. The third-order valence-corrected chi connectivity index (χ3v) is 2.80. The van der Waals surface area contributed by atoms with E-state index in [-0.39, 0.29) is 6.09 Å². The van der Waals surface area contributed by atoms with Gasteiger partial charge in [-0.05, 0) is 38.7 Å². The summed E-state index contributed by atoms with van der Waals surface area (Å²) in [5, 5.41) is 3.04. The molecule has 24 heavy (non-hydrogen) atoms. The van der Waals surface area contributed by atoms with E-state index in [2.05, 4.69) is 5.32 Å². The summed E-state index contributed by atoms with van der Waals surface area (Å²) in [4.78, 5) is 24.1. The van der Waals surface area contributed by atoms with E-state index in [0.717, 1.165) is 24.1 Å². The van der Waals surface area contributed by atoms with E-state index in [0.29, 0.717) is 13.2 Å². The predicted molar refractivity (Wildman–Crippen MR) is 100 cm³/mol. The van der Waals surface area contributed by atoms with Gasteiger partial charge in [0.15, 0.2) is 0 Å². The molecule has 0 saturated heterocycles. The van der Waals surface area contributed by atoms with E-state index in [9.17, 15) is 4.79 Å². The molecule has 6 heteroatoms. The number of nitrogens with zero attached hydrogens (tertiary/aromatic N) is 2. The van der Waals surface area contributed by atoms with Crippen LogP contribution in [0.1, 0.15) is 26.3 Å². The summed E-state index contributed by atoms with van der Waals surface area (Å²) in [6, 6.07) is 7.80. The van der Waals surface area contributed by atoms with Crippen LogP contribution in [0.2, 0.25) is 0 Å². The lowest BCUT2D eigenvalue weighted by atomic mass is 10.2. The van der Waals surface area contributed by atoms with Gasteiger partial charge in [-0.3, -0.25) is 0 Å². The zero-order valence-corrected chi connectivity index (χ0v) is 16.1. The molecule has 0 atom stereocenters. The fraction of sp³-hybridized carbons (Fsp3) is 0.556. The number of benzene rings is 1. The van der Waals surface area contributed by atoms with Crippen molar-refractivity contribution in [2.75, 3.05) is 46.6 Å². The first-order valence-corrected chi connectivity index (χ1v) is 8.13. The Bertz CT molecular complexity index is 434. The Hall–Kier alpha value is -2.08. The molecular formula is C18H33N3O3. The highest BCUT2D eigenvalue weighted by Gasteiger charge is 2.09. The maximum atomic E-state index is 11.7. The van der Waals surface area contributed by atoms with Crippen LogP contribution < -0.4 is 5.32 Å². The van der Waals surface area contributed by atoms with Crippen molar-refractivity contribution < 1.29 is 14.3 Å². The Morgan fingerprint density at radius 3 is 2.04 bits per heavy atom. The third-order valence-electron chi connectivity index (χ3n) is 2.80. The second kappa shape index (κ2) is 15.8. The Labute approximate surface area is 146 Å². The van der Waals surface area contributed by atoms with Crippen LogP contribution in [0, 0.1) is 0 Å². The van der Waals surface area contributed by atoms with Gasteiger partial charge in [0.1, 0.15) is 12.9 Å². The monoisotopic (exact) mass is 339 g/mol. The highest BCUT2D eigenvalue weighted by Crippen LogP contribution is 2.09. The van der Waals surface area contributed by atoms with Crippen molar-refractivity contribution in [3.8, 4) is 0 Å². The van der Waals surface area contributed by atoms with E-state index >= 15 is 0 Å². The second-order valence-corrected chi connectivity index (χ2v) is 4.96. The number of carbonyl (C=O) groups excluding carboxylic acids is 2. The van der Waals surface area contributed by atoms with E-state index in [1.54, 1.807) is 11.9 Å². The minimum absolute atomic E-state index is 0.292. The smallest absolute Gasteiger partial charge is 0.409 e. The standard InChI is InChI=1S/C14H23N3O2.C2H4O.C2H6/c1-15-13-7-5-12(6-8-13)11-19-14(18)17(4)10-9-16(2)3;1-2-3;1-2/h5-8,15H,9-11H2,1-4H3;2H,1H3;1-2H3. The van der Waals surface area contributed by atoms with Crippen LogP contribution in [-0.2, 0) is 16.1 Å². The second-order valence-electron chi connectivity index (χ2n) is 4.96. The number of nitrogens with one attached hydrogen (secondary N) is 1. The van der Waals surface area contributed by atoms with Gasteiger partial charge < -0.3 is 24.6 Å². The number of amides is 1. The van der Waals surface area contributed by atoms with E-state index < -0.39 is 0 Å². The zero-order valence-electron chi connectivity index (χ0n) is 16.1. The molecule has 1 aromatic carbocycles. The number of rotatable bonds is 6. The molecule has 1 rings (SSSR count). The SMILES string of the molecule is CC.CC=O.CNc1ccc(COC(=O)N(C)CCN(C)C)cc1. The Balaban J connectivity index is 0. The third kappa shape index (κ3) is 12.5. The quantitative estimate of drug-likeness (QED) is 0.807. The highest BCUT2D eigenvalue weighted by molar-refractivity contribution is 5.67. The molecule has 0 bridgehead atoms. The molecule has 1 aromatic rings. The summed E-state index contributed by atoms with van der Waals surface area (Å²) in [7, 11) is 7.57. The van der Waals surface area contributed by atoms with Crippen LogP contribution >= 0.6 is 0 Å². The Morgan fingerprint density at radius 2 is 1.62 bits per heavy atom. The molecule has 0 aliphatic carbocycles. The average Bonchev–Trinajstić information content (AvgIpc) is 2.60. The van der Waals surface area contributed by atoms with Crippen LogP contribution in [-0.4, -0.2) is 63.5 Å². The van der Waals surface area contributed by atoms with Crippen LogP contribution in [0.25, 0.3) is 0 Å². The van der Waals surface area contributed by atoms with Gasteiger partial charge in [0.25, 0.3) is 0 Å². The Kier molecular flexibility index (Phi) is 15.9. The molecule has 6 nitrogen and oxygen atoms in total. The number of carbonyl (C=O) groups is 2. The first-order chi connectivity index (χ1) is 11.4. The summed E-state index contributed by atoms with van der Waals surface area (Å²) >= 11 is 0. The van der Waals surface area contributed by atoms with Crippen molar-refractivity contribution in [3.05, 3.63) is 29.8 Å². The minimum Gasteiger partial charge on any atom is -0.445 e. The van der Waals surface area contributed by atoms with Gasteiger partial charge in [0, 0.05) is 32.9 Å². The lowest BCUT2D eigenvalue weighted by Crippen LogP contribution is -2.33. The van der Waals surface area contributed by atoms with Gasteiger partial charge in [-0.1, -0.05) is 26.0 Å². The van der Waals surface area contributed by atoms with Crippen molar-refractivity contribution in [1.29, 1.82) is 0 Å². The lowest BCUT2D eigenvalue weighted by molar-refractivity contribution is -0.106. The van der Waals surface area contributed by atoms with Gasteiger partial charge in [0.05, 0.1) is 0 Å². The molecule has 0 aliphatic rings. The molecule has 1 N–H and O–H groups in total. The molecule has 0 spiro atoms. The van der Waals surface area contributed by atoms with Crippen molar-refractivity contribution in [1.82, 2.24) is 9.80 Å². The molecule has 1 amide bonds. The molecule has 0 fully saturated rings. The normalized spacial score (nSPS) is 9.00. The van der Waals surface area contributed by atoms with Gasteiger partial charge in [0.2, 0.25) is 0 Å². The maximum Gasteiger partial charge on any atom is 0.409 e. The number of likely N-dealkylation sites (N-methyl/N-ethyl adjacent to an activating group) is 2. The first-order valence-electron chi connectivity index (χ1n) is 8.13. The minimum atomic E-state index is -0.292. The molecular weight excluding hydrogens is 306 g/mol. The van der Waals surface area contributed by atoms with Gasteiger partial charge in [-0.15, -0.1) is 0 Å². The van der Waals surface area contributed by atoms with Crippen molar-refractivity contribution >= 4 is 18.1 Å². The van der Waals surface area contributed by atoms with Crippen LogP contribution in [0.4, 0.5) is 10.5 Å². The molecule has 0 aromatic heterocycles. The molecule has 0 radical (unpaired) electrons. The van der Waals surface area contributed by atoms with Crippen molar-refractivity contribution in [3.63, 3.8) is 0 Å². The molecule has 138 valence electrons. The molecule has 0 saturated carbocycles. The highest BCUT2D eigenvalue weighted by atomic mass is 16.6. The van der Waals surface area contributed by atoms with Gasteiger partial charge in [-0.25, -0.2) is 4.79 Å². The summed E-state index contributed by atoms with van der Waals surface area (Å²) in [5.41, 5.74) is 2.02. The summed E-state index contributed by atoms with van der Waals surface area (Å²) < 4.78 is 5.24. The lowest BCUT2D eigenvalue weighted by Gasteiger charge is -2.19. The number of aldehydes is 1. The van der Waals surface area contributed by atoms with E-state index in [1.165, 1.54) is 6.92 Å². The average molecular weight is 339 g/mol. The van der Waals surface area contributed by atoms with Crippen LogP contribution in [0.15, 0.2) is 24.3 Å². The molecule has 0 unspecified atom stereocenters. The zero-order chi connectivity index (χ0) is 19.0. The molecule has 0 heterocycles. The van der Waals surface area contributed by atoms with Crippen LogP contribution in [0.3, 0.4) is 0 Å². The largest absolute Gasteiger partial charge is 0.445 e. The van der Waals surface area contributed by atoms with Gasteiger partial charge >= 0.3 is 6.09 Å². The maximum absolute atomic E-state index is 11.7. The van der Waals surface area contributed by atoms with Crippen molar-refractivity contribution in [2.24, 2.45) is 0 Å². The van der Waals surface area contributed by atoms with E-state index in [4.69, 9.17) is 9.53 Å². The summed E-state index contributed by atoms with van der Waals surface area (Å²) in [5.74, 6) is 0. The predicted octanol–water partition coefficient (Wildman–Crippen LogP) is 3.09. The topological polar surface area (TPSA) is 61.9 Å². The van der Waals surface area contributed by atoms with Gasteiger partial charge in [-0.2, -0.15) is 0 Å². The Morgan fingerprint density at radius 1 is 1.12 bits per heavy atom. The van der Waals surface area contributed by atoms with Crippen molar-refractivity contribution in [2.45, 2.75) is 27.4 Å². The number of anilines is 1. The number of hydrogen-bond acceptors (Lipinski definition) is 5. The van der Waals surface area contributed by atoms with Crippen LogP contribution in [0.5, 0.6) is 0 Å². The number of hydrogen-bond donors (Lipinski definition) is 1.